The summed E-state index contributed by atoms with van der Waals surface area (Å²) in [6, 6.07) is 23.0. The van der Waals surface area contributed by atoms with Crippen molar-refractivity contribution in [2.45, 2.75) is 0 Å². The van der Waals surface area contributed by atoms with Crippen molar-refractivity contribution in [1.82, 2.24) is 0 Å². The summed E-state index contributed by atoms with van der Waals surface area (Å²) < 4.78 is 0.998. The lowest BCUT2D eigenvalue weighted by atomic mass is 10.1. The summed E-state index contributed by atoms with van der Waals surface area (Å²) >= 11 is 13.7. The Morgan fingerprint density at radius 1 is 0.846 bits per heavy atom. The highest BCUT2D eigenvalue weighted by Gasteiger charge is 2.17. The van der Waals surface area contributed by atoms with E-state index in [9.17, 15) is 4.79 Å². The highest BCUT2D eigenvalue weighted by atomic mass is 35.5. The number of hydrogen-bond acceptors (Lipinski definition) is 2. The van der Waals surface area contributed by atoms with Crippen molar-refractivity contribution in [3.05, 3.63) is 87.7 Å². The molecule has 0 bridgehead atoms. The van der Waals surface area contributed by atoms with Gasteiger partial charge in [0.25, 0.3) is 5.91 Å². The third-order valence-electron chi connectivity index (χ3n) is 4.04. The minimum Gasteiger partial charge on any atom is -0.321 e. The van der Waals surface area contributed by atoms with Crippen molar-refractivity contribution in [2.24, 2.45) is 0 Å². The minimum atomic E-state index is -0.204. The lowest BCUT2D eigenvalue weighted by Gasteiger charge is -2.07. The number of nitrogens with one attached hydrogen (secondary N) is 1. The minimum absolute atomic E-state index is 0.204. The van der Waals surface area contributed by atoms with Gasteiger partial charge in [0.05, 0.1) is 5.02 Å². The lowest BCUT2D eigenvalue weighted by Crippen LogP contribution is -2.10. The molecule has 3 aromatic carbocycles. The van der Waals surface area contributed by atoms with Crippen LogP contribution in [0.4, 0.5) is 5.69 Å². The van der Waals surface area contributed by atoms with Gasteiger partial charge in [-0.25, -0.2) is 0 Å². The Morgan fingerprint density at radius 3 is 2.38 bits per heavy atom. The van der Waals surface area contributed by atoms with Crippen LogP contribution in [-0.2, 0) is 0 Å². The smallest absolute Gasteiger partial charge is 0.267 e. The topological polar surface area (TPSA) is 29.1 Å². The van der Waals surface area contributed by atoms with Gasteiger partial charge < -0.3 is 5.32 Å². The monoisotopic (exact) mass is 397 g/mol. The number of halogens is 2. The number of hydrogen-bond donors (Lipinski definition) is 1. The second-order valence-electron chi connectivity index (χ2n) is 5.78. The second-order valence-corrected chi connectivity index (χ2v) is 7.65. The summed E-state index contributed by atoms with van der Waals surface area (Å²) in [4.78, 5) is 13.2. The van der Waals surface area contributed by atoms with Crippen LogP contribution in [0.3, 0.4) is 0 Å². The van der Waals surface area contributed by atoms with Crippen molar-refractivity contribution < 1.29 is 4.79 Å². The van der Waals surface area contributed by atoms with Gasteiger partial charge in [0.1, 0.15) is 4.88 Å². The van der Waals surface area contributed by atoms with Gasteiger partial charge in [-0.2, -0.15) is 0 Å². The zero-order chi connectivity index (χ0) is 18.1. The van der Waals surface area contributed by atoms with E-state index >= 15 is 0 Å². The van der Waals surface area contributed by atoms with Gasteiger partial charge in [-0.05, 0) is 41.5 Å². The Hall–Kier alpha value is -2.33. The normalized spacial score (nSPS) is 10.8. The van der Waals surface area contributed by atoms with Crippen LogP contribution < -0.4 is 5.32 Å². The zero-order valence-electron chi connectivity index (χ0n) is 13.5. The van der Waals surface area contributed by atoms with E-state index in [0.29, 0.717) is 14.9 Å². The van der Waals surface area contributed by atoms with Crippen molar-refractivity contribution in [3.63, 3.8) is 0 Å². The number of rotatable bonds is 3. The molecule has 1 aromatic heterocycles. The van der Waals surface area contributed by atoms with Crippen molar-refractivity contribution in [2.75, 3.05) is 5.32 Å². The van der Waals surface area contributed by atoms with Crippen LogP contribution in [0.5, 0.6) is 0 Å². The van der Waals surface area contributed by atoms with E-state index in [1.165, 1.54) is 11.3 Å². The standard InChI is InChI=1S/C21H13Cl2NOS/c22-15-10-8-13(9-11-15)14-4-3-5-16(12-14)24-21(25)20-19(23)17-6-1-2-7-18(17)26-20/h1-12H,(H,24,25). The van der Waals surface area contributed by atoms with Crippen molar-refractivity contribution >= 4 is 56.2 Å². The molecule has 0 saturated carbocycles. The fraction of sp³-hybridized carbons (Fsp3) is 0. The molecule has 1 amide bonds. The maximum atomic E-state index is 12.7. The number of benzene rings is 3. The largest absolute Gasteiger partial charge is 0.321 e. The van der Waals surface area contributed by atoms with E-state index in [0.717, 1.165) is 26.9 Å². The van der Waals surface area contributed by atoms with Crippen molar-refractivity contribution in [1.29, 1.82) is 0 Å². The first-order valence-electron chi connectivity index (χ1n) is 7.96. The quantitative estimate of drug-likeness (QED) is 0.391. The molecule has 0 aliphatic heterocycles. The SMILES string of the molecule is O=C(Nc1cccc(-c2ccc(Cl)cc2)c1)c1sc2ccccc2c1Cl. The summed E-state index contributed by atoms with van der Waals surface area (Å²) in [5, 5.41) is 5.03. The molecular weight excluding hydrogens is 385 g/mol. The molecule has 0 unspecified atom stereocenters. The van der Waals surface area contributed by atoms with E-state index in [4.69, 9.17) is 23.2 Å². The predicted molar refractivity (Wildman–Crippen MR) is 112 cm³/mol. The highest BCUT2D eigenvalue weighted by Crippen LogP contribution is 2.35. The molecule has 0 aliphatic carbocycles. The number of carbonyl (C=O) groups excluding carboxylic acids is 1. The van der Waals surface area contributed by atoms with Gasteiger partial charge in [-0.1, -0.05) is 65.7 Å². The number of thiophene rings is 1. The molecule has 0 aliphatic rings. The van der Waals surface area contributed by atoms with Crippen LogP contribution in [-0.4, -0.2) is 5.91 Å². The first-order chi connectivity index (χ1) is 12.6. The molecule has 0 radical (unpaired) electrons. The highest BCUT2D eigenvalue weighted by molar-refractivity contribution is 7.21. The molecule has 0 saturated heterocycles. The number of anilines is 1. The predicted octanol–water partition coefficient (Wildman–Crippen LogP) is 7.13. The van der Waals surface area contributed by atoms with Gasteiger partial charge in [-0.3, -0.25) is 4.79 Å². The van der Waals surface area contributed by atoms with Crippen LogP contribution in [0, 0.1) is 0 Å². The van der Waals surface area contributed by atoms with Gasteiger partial charge in [0, 0.05) is 20.8 Å². The van der Waals surface area contributed by atoms with Crippen molar-refractivity contribution in [3.8, 4) is 11.1 Å². The molecular formula is C21H13Cl2NOS. The summed E-state index contributed by atoms with van der Waals surface area (Å²) in [5.74, 6) is -0.204. The van der Waals surface area contributed by atoms with Crippen LogP contribution in [0.2, 0.25) is 10.0 Å². The van der Waals surface area contributed by atoms with E-state index in [-0.39, 0.29) is 5.91 Å². The van der Waals surface area contributed by atoms with Crippen LogP contribution in [0.1, 0.15) is 9.67 Å². The third-order valence-corrected chi connectivity index (χ3v) is 5.97. The third kappa shape index (κ3) is 3.34. The van der Waals surface area contributed by atoms with Crippen LogP contribution in [0.15, 0.2) is 72.8 Å². The molecule has 1 N–H and O–H groups in total. The van der Waals surface area contributed by atoms with E-state index < -0.39 is 0 Å². The Labute approximate surface area is 165 Å². The fourth-order valence-corrected chi connectivity index (χ4v) is 4.31. The van der Waals surface area contributed by atoms with Crippen LogP contribution in [0.25, 0.3) is 21.2 Å². The molecule has 0 atom stereocenters. The second kappa shape index (κ2) is 7.12. The Balaban J connectivity index is 1.62. The number of fused-ring (bicyclic) bond motifs is 1. The van der Waals surface area contributed by atoms with Gasteiger partial charge in [0.15, 0.2) is 0 Å². The average Bonchev–Trinajstić information content (AvgIpc) is 3.00. The van der Waals surface area contributed by atoms with Gasteiger partial charge >= 0.3 is 0 Å². The maximum Gasteiger partial charge on any atom is 0.267 e. The fourth-order valence-electron chi connectivity index (χ4n) is 2.77. The summed E-state index contributed by atoms with van der Waals surface area (Å²) in [5.41, 5.74) is 2.75. The molecule has 128 valence electrons. The molecule has 0 fully saturated rings. The van der Waals surface area contributed by atoms with Gasteiger partial charge in [-0.15, -0.1) is 11.3 Å². The van der Waals surface area contributed by atoms with E-state index in [1.807, 2.05) is 72.8 Å². The molecule has 5 heteroatoms. The van der Waals surface area contributed by atoms with Gasteiger partial charge in [0.2, 0.25) is 0 Å². The first-order valence-corrected chi connectivity index (χ1v) is 9.53. The number of carbonyl (C=O) groups is 1. The lowest BCUT2D eigenvalue weighted by molar-refractivity contribution is 0.103. The zero-order valence-corrected chi connectivity index (χ0v) is 15.8. The molecule has 4 aromatic rings. The summed E-state index contributed by atoms with van der Waals surface area (Å²) in [6.07, 6.45) is 0. The Bertz CT molecular complexity index is 1100. The molecule has 2 nitrogen and oxygen atoms in total. The first kappa shape index (κ1) is 17.1. The summed E-state index contributed by atoms with van der Waals surface area (Å²) in [6.45, 7) is 0. The molecule has 4 rings (SSSR count). The average molecular weight is 398 g/mol. The maximum absolute atomic E-state index is 12.7. The molecule has 26 heavy (non-hydrogen) atoms. The Kier molecular flexibility index (Phi) is 4.68. The number of amides is 1. The summed E-state index contributed by atoms with van der Waals surface area (Å²) in [7, 11) is 0. The molecule has 1 heterocycles. The molecule has 0 spiro atoms. The van der Waals surface area contributed by atoms with E-state index in [2.05, 4.69) is 5.32 Å². The Morgan fingerprint density at radius 2 is 1.62 bits per heavy atom. The van der Waals surface area contributed by atoms with E-state index in [1.54, 1.807) is 0 Å². The van der Waals surface area contributed by atoms with Crippen LogP contribution >= 0.6 is 34.5 Å².